The first-order valence-electron chi connectivity index (χ1n) is 7.91. The Bertz CT molecular complexity index is 884. The molecule has 0 aliphatic heterocycles. The van der Waals surface area contributed by atoms with Crippen LogP contribution < -0.4 is 9.88 Å². The number of sulfonamides is 1. The molecule has 26 heavy (non-hydrogen) atoms. The van der Waals surface area contributed by atoms with Gasteiger partial charge in [0.05, 0.1) is 10.9 Å². The molecule has 2 rings (SSSR count). The summed E-state index contributed by atoms with van der Waals surface area (Å²) >= 11 is 5.92. The summed E-state index contributed by atoms with van der Waals surface area (Å²) in [7, 11) is -2.08. The average molecular weight is 397 g/mol. The fraction of sp³-hybridized carbons (Fsp3) is 0.278. The molecule has 2 N–H and O–H groups in total. The second-order valence-electron chi connectivity index (χ2n) is 5.96. The van der Waals surface area contributed by atoms with Gasteiger partial charge in [-0.15, -0.1) is 0 Å². The van der Waals surface area contributed by atoms with Crippen LogP contribution in [0, 0.1) is 0 Å². The number of likely N-dealkylation sites (N-methyl/N-ethyl adjacent to an activating group) is 1. The molecule has 0 saturated carbocycles. The topological polar surface area (TPSA) is 89.7 Å². The van der Waals surface area contributed by atoms with Gasteiger partial charge in [-0.2, -0.15) is 0 Å². The van der Waals surface area contributed by atoms with Crippen molar-refractivity contribution in [1.82, 2.24) is 4.90 Å². The molecule has 2 unspecified atom stereocenters. The van der Waals surface area contributed by atoms with E-state index in [0.29, 0.717) is 10.8 Å². The maximum absolute atomic E-state index is 12.6. The van der Waals surface area contributed by atoms with Crippen molar-refractivity contribution >= 4 is 27.5 Å². The minimum Gasteiger partial charge on any atom is -0.481 e. The molecule has 0 aliphatic carbocycles. The number of amides is 1. The van der Waals surface area contributed by atoms with Crippen LogP contribution in [0.5, 0.6) is 5.75 Å². The van der Waals surface area contributed by atoms with Gasteiger partial charge in [0, 0.05) is 12.1 Å². The molecule has 8 heteroatoms. The lowest BCUT2D eigenvalue weighted by molar-refractivity contribution is -0.138. The van der Waals surface area contributed by atoms with Crippen molar-refractivity contribution in [2.45, 2.75) is 30.9 Å². The molecular weight excluding hydrogens is 376 g/mol. The second-order valence-corrected chi connectivity index (χ2v) is 7.95. The van der Waals surface area contributed by atoms with E-state index in [9.17, 15) is 13.2 Å². The molecule has 6 nitrogen and oxygen atoms in total. The number of primary sulfonamides is 1. The molecule has 1 amide bonds. The summed E-state index contributed by atoms with van der Waals surface area (Å²) in [6.07, 6.45) is -0.704. The summed E-state index contributed by atoms with van der Waals surface area (Å²) in [5.41, 5.74) is 0.781. The molecule has 0 saturated heterocycles. The number of carbonyl (C=O) groups excluding carboxylic acids is 1. The largest absolute Gasteiger partial charge is 0.481 e. The maximum Gasteiger partial charge on any atom is 0.263 e. The number of benzene rings is 2. The van der Waals surface area contributed by atoms with Gasteiger partial charge in [0.25, 0.3) is 5.91 Å². The number of halogens is 1. The maximum atomic E-state index is 12.6. The van der Waals surface area contributed by atoms with E-state index < -0.39 is 16.1 Å². The SMILES string of the molecule is CC(Oc1cccc(Cl)c1)C(=O)N(C)C(C)c1ccc(S(N)(=O)=O)cc1. The van der Waals surface area contributed by atoms with Gasteiger partial charge >= 0.3 is 0 Å². The number of rotatable bonds is 6. The highest BCUT2D eigenvalue weighted by molar-refractivity contribution is 7.89. The van der Waals surface area contributed by atoms with E-state index in [1.54, 1.807) is 55.3 Å². The third-order valence-electron chi connectivity index (χ3n) is 4.08. The van der Waals surface area contributed by atoms with Gasteiger partial charge in [-0.25, -0.2) is 13.6 Å². The zero-order valence-corrected chi connectivity index (χ0v) is 16.3. The number of nitrogens with zero attached hydrogens (tertiary/aromatic N) is 1. The highest BCUT2D eigenvalue weighted by Crippen LogP contribution is 2.23. The predicted octanol–water partition coefficient (Wildman–Crippen LogP) is 2.97. The first-order valence-corrected chi connectivity index (χ1v) is 9.83. The number of nitrogens with two attached hydrogens (primary N) is 1. The monoisotopic (exact) mass is 396 g/mol. The van der Waals surface area contributed by atoms with Crippen LogP contribution in [-0.2, 0) is 14.8 Å². The van der Waals surface area contributed by atoms with Gasteiger partial charge in [-0.1, -0.05) is 29.8 Å². The molecule has 0 bridgehead atoms. The molecule has 0 spiro atoms. The van der Waals surface area contributed by atoms with E-state index in [1.165, 1.54) is 12.1 Å². The van der Waals surface area contributed by atoms with Gasteiger partial charge in [-0.3, -0.25) is 4.79 Å². The van der Waals surface area contributed by atoms with E-state index in [0.717, 1.165) is 5.56 Å². The minimum absolute atomic E-state index is 0.0279. The molecular formula is C18H21ClN2O4S. The third-order valence-corrected chi connectivity index (χ3v) is 5.24. The van der Waals surface area contributed by atoms with Crippen LogP contribution in [0.1, 0.15) is 25.5 Å². The highest BCUT2D eigenvalue weighted by Gasteiger charge is 2.24. The fourth-order valence-corrected chi connectivity index (χ4v) is 3.13. The van der Waals surface area contributed by atoms with Gasteiger partial charge in [0.15, 0.2) is 6.10 Å². The standard InChI is InChI=1S/C18H21ClN2O4S/c1-12(14-7-9-17(10-8-14)26(20,23)24)21(3)18(22)13(2)25-16-6-4-5-15(19)11-16/h4-13H,1-3H3,(H2,20,23,24). The van der Waals surface area contributed by atoms with Crippen molar-refractivity contribution in [2.75, 3.05) is 7.05 Å². The van der Waals surface area contributed by atoms with Gasteiger partial charge in [0.2, 0.25) is 10.0 Å². The molecule has 0 aromatic heterocycles. The highest BCUT2D eigenvalue weighted by atomic mass is 35.5. The molecule has 0 aliphatic rings. The van der Waals surface area contributed by atoms with Crippen molar-refractivity contribution in [3.63, 3.8) is 0 Å². The van der Waals surface area contributed by atoms with Crippen LogP contribution in [-0.4, -0.2) is 32.4 Å². The number of hydrogen-bond donors (Lipinski definition) is 1. The van der Waals surface area contributed by atoms with Crippen molar-refractivity contribution in [3.05, 3.63) is 59.1 Å². The van der Waals surface area contributed by atoms with Crippen molar-refractivity contribution in [2.24, 2.45) is 5.14 Å². The second kappa shape index (κ2) is 8.07. The van der Waals surface area contributed by atoms with Gasteiger partial charge in [-0.05, 0) is 49.7 Å². The predicted molar refractivity (Wildman–Crippen MR) is 101 cm³/mol. The summed E-state index contributed by atoms with van der Waals surface area (Å²) in [6.45, 7) is 3.51. The number of hydrogen-bond acceptors (Lipinski definition) is 4. The lowest BCUT2D eigenvalue weighted by atomic mass is 10.1. The molecule has 0 radical (unpaired) electrons. The molecule has 140 valence electrons. The molecule has 2 atom stereocenters. The van der Waals surface area contributed by atoms with Crippen molar-refractivity contribution < 1.29 is 17.9 Å². The summed E-state index contributed by atoms with van der Waals surface area (Å²) in [4.78, 5) is 14.2. The third kappa shape index (κ3) is 4.97. The number of ether oxygens (including phenoxy) is 1. The minimum atomic E-state index is -3.74. The quantitative estimate of drug-likeness (QED) is 0.812. The Balaban J connectivity index is 2.08. The van der Waals surface area contributed by atoms with E-state index in [2.05, 4.69) is 0 Å². The van der Waals surface area contributed by atoms with E-state index in [-0.39, 0.29) is 16.8 Å². The van der Waals surface area contributed by atoms with E-state index >= 15 is 0 Å². The Kier molecular flexibility index (Phi) is 6.28. The van der Waals surface area contributed by atoms with Crippen LogP contribution in [0.2, 0.25) is 5.02 Å². The molecule has 0 fully saturated rings. The number of carbonyl (C=O) groups is 1. The van der Waals surface area contributed by atoms with Crippen molar-refractivity contribution in [3.8, 4) is 5.75 Å². The average Bonchev–Trinajstić information content (AvgIpc) is 2.59. The first kappa shape index (κ1) is 20.2. The van der Waals surface area contributed by atoms with Gasteiger partial charge < -0.3 is 9.64 Å². The smallest absolute Gasteiger partial charge is 0.263 e. The Morgan fingerprint density at radius 2 is 1.77 bits per heavy atom. The fourth-order valence-electron chi connectivity index (χ4n) is 2.43. The van der Waals surface area contributed by atoms with Crippen LogP contribution in [0.25, 0.3) is 0 Å². The summed E-state index contributed by atoms with van der Waals surface area (Å²) < 4.78 is 28.3. The zero-order valence-electron chi connectivity index (χ0n) is 14.7. The van der Waals surface area contributed by atoms with Crippen LogP contribution in [0.4, 0.5) is 0 Å². The summed E-state index contributed by atoms with van der Waals surface area (Å²) in [5.74, 6) is 0.296. The van der Waals surface area contributed by atoms with Gasteiger partial charge in [0.1, 0.15) is 5.75 Å². The normalized spacial score (nSPS) is 13.7. The Morgan fingerprint density at radius 1 is 1.15 bits per heavy atom. The van der Waals surface area contributed by atoms with Crippen LogP contribution in [0.15, 0.2) is 53.4 Å². The van der Waals surface area contributed by atoms with E-state index in [4.69, 9.17) is 21.5 Å². The van der Waals surface area contributed by atoms with Crippen LogP contribution >= 0.6 is 11.6 Å². The molecule has 2 aromatic carbocycles. The van der Waals surface area contributed by atoms with Crippen LogP contribution in [0.3, 0.4) is 0 Å². The zero-order chi connectivity index (χ0) is 19.5. The Labute approximate surface area is 158 Å². The first-order chi connectivity index (χ1) is 12.1. The Morgan fingerprint density at radius 3 is 2.31 bits per heavy atom. The van der Waals surface area contributed by atoms with Crippen molar-refractivity contribution in [1.29, 1.82) is 0 Å². The van der Waals surface area contributed by atoms with E-state index in [1.807, 2.05) is 6.92 Å². The summed E-state index contributed by atoms with van der Waals surface area (Å²) in [6, 6.07) is 12.7. The molecule has 2 aromatic rings. The lowest BCUT2D eigenvalue weighted by Gasteiger charge is -2.28. The summed E-state index contributed by atoms with van der Waals surface area (Å²) in [5, 5.41) is 5.62. The lowest BCUT2D eigenvalue weighted by Crippen LogP contribution is -2.39. The molecule has 0 heterocycles. The Hall–Kier alpha value is -2.09.